The molecule has 19 heavy (non-hydrogen) atoms. The molecule has 106 valence electrons. The lowest BCUT2D eigenvalue weighted by atomic mass is 10.1. The van der Waals surface area contributed by atoms with Gasteiger partial charge in [0.05, 0.1) is 0 Å². The van der Waals surface area contributed by atoms with E-state index in [1.807, 2.05) is 31.2 Å². The molecule has 0 saturated carbocycles. The summed E-state index contributed by atoms with van der Waals surface area (Å²) in [5.74, 6) is 0.0537. The molecular formula is C16H25NO2. The summed E-state index contributed by atoms with van der Waals surface area (Å²) in [4.78, 5) is 14.0. The van der Waals surface area contributed by atoms with Gasteiger partial charge in [0.15, 0.2) is 0 Å². The summed E-state index contributed by atoms with van der Waals surface area (Å²) in [5, 5.41) is 8.84. The van der Waals surface area contributed by atoms with Crippen LogP contribution in [0.2, 0.25) is 0 Å². The minimum absolute atomic E-state index is 0.0537. The van der Waals surface area contributed by atoms with Gasteiger partial charge in [0.2, 0.25) is 0 Å². The zero-order valence-electron chi connectivity index (χ0n) is 12.1. The molecule has 0 saturated heterocycles. The molecule has 0 aliphatic rings. The van der Waals surface area contributed by atoms with Gasteiger partial charge in [-0.05, 0) is 43.9 Å². The second-order valence-corrected chi connectivity index (χ2v) is 4.76. The quantitative estimate of drug-likeness (QED) is 0.783. The molecule has 1 aromatic carbocycles. The van der Waals surface area contributed by atoms with Crippen molar-refractivity contribution >= 4 is 5.91 Å². The molecule has 0 fully saturated rings. The average molecular weight is 263 g/mol. The molecule has 0 aromatic heterocycles. The molecule has 0 unspecified atom stereocenters. The molecule has 0 atom stereocenters. The summed E-state index contributed by atoms with van der Waals surface area (Å²) in [7, 11) is 0. The lowest BCUT2D eigenvalue weighted by molar-refractivity contribution is 0.0754. The number of carbonyl (C=O) groups excluding carboxylic acids is 1. The van der Waals surface area contributed by atoms with E-state index in [1.165, 1.54) is 18.4 Å². The van der Waals surface area contributed by atoms with Gasteiger partial charge in [0.25, 0.3) is 5.91 Å². The van der Waals surface area contributed by atoms with Gasteiger partial charge < -0.3 is 10.0 Å². The normalized spacial score (nSPS) is 10.5. The Hall–Kier alpha value is -1.35. The van der Waals surface area contributed by atoms with Crippen LogP contribution in [0.5, 0.6) is 0 Å². The number of hydrogen-bond acceptors (Lipinski definition) is 2. The van der Waals surface area contributed by atoms with Gasteiger partial charge in [-0.3, -0.25) is 4.79 Å². The minimum Gasteiger partial charge on any atom is -0.396 e. The van der Waals surface area contributed by atoms with Crippen molar-refractivity contribution in [2.45, 2.75) is 39.5 Å². The maximum Gasteiger partial charge on any atom is 0.253 e. The first-order chi connectivity index (χ1) is 9.22. The summed E-state index contributed by atoms with van der Waals surface area (Å²) in [6.45, 7) is 5.56. The molecule has 1 rings (SSSR count). The van der Waals surface area contributed by atoms with Gasteiger partial charge in [-0.15, -0.1) is 0 Å². The monoisotopic (exact) mass is 263 g/mol. The van der Waals surface area contributed by atoms with E-state index in [0.717, 1.165) is 12.0 Å². The number of aliphatic hydroxyl groups excluding tert-OH is 1. The van der Waals surface area contributed by atoms with Gasteiger partial charge in [-0.2, -0.15) is 0 Å². The Morgan fingerprint density at radius 3 is 2.37 bits per heavy atom. The first kappa shape index (κ1) is 15.7. The summed E-state index contributed by atoms with van der Waals surface area (Å²) >= 11 is 0. The van der Waals surface area contributed by atoms with Crippen LogP contribution in [0.25, 0.3) is 0 Å². The van der Waals surface area contributed by atoms with Crippen LogP contribution in [0.4, 0.5) is 0 Å². The van der Waals surface area contributed by atoms with E-state index in [4.69, 9.17) is 5.11 Å². The van der Waals surface area contributed by atoms with Crippen LogP contribution >= 0.6 is 0 Å². The summed E-state index contributed by atoms with van der Waals surface area (Å²) < 4.78 is 0. The van der Waals surface area contributed by atoms with Gasteiger partial charge in [0, 0.05) is 25.3 Å². The third-order valence-electron chi connectivity index (χ3n) is 3.27. The van der Waals surface area contributed by atoms with Crippen molar-refractivity contribution < 1.29 is 9.90 Å². The topological polar surface area (TPSA) is 40.5 Å². The van der Waals surface area contributed by atoms with Crippen molar-refractivity contribution in [2.24, 2.45) is 0 Å². The maximum atomic E-state index is 12.3. The number of hydrogen-bond donors (Lipinski definition) is 1. The highest BCUT2D eigenvalue weighted by atomic mass is 16.3. The highest BCUT2D eigenvalue weighted by Crippen LogP contribution is 2.10. The Balaban J connectivity index is 2.65. The van der Waals surface area contributed by atoms with Crippen LogP contribution in [-0.4, -0.2) is 35.6 Å². The number of nitrogens with zero attached hydrogens (tertiary/aromatic N) is 1. The Kier molecular flexibility index (Phi) is 7.19. The molecule has 0 spiro atoms. The first-order valence-corrected chi connectivity index (χ1v) is 7.22. The Morgan fingerprint density at radius 1 is 1.16 bits per heavy atom. The van der Waals surface area contributed by atoms with Crippen molar-refractivity contribution in [3.8, 4) is 0 Å². The van der Waals surface area contributed by atoms with Crippen LogP contribution in [0.3, 0.4) is 0 Å². The van der Waals surface area contributed by atoms with E-state index in [0.29, 0.717) is 19.5 Å². The number of amides is 1. The average Bonchev–Trinajstić information content (AvgIpc) is 2.46. The molecule has 1 amide bonds. The van der Waals surface area contributed by atoms with Gasteiger partial charge >= 0.3 is 0 Å². The highest BCUT2D eigenvalue weighted by Gasteiger charge is 2.13. The molecule has 3 nitrogen and oxygen atoms in total. The van der Waals surface area contributed by atoms with Crippen molar-refractivity contribution in [3.63, 3.8) is 0 Å². The molecule has 0 aliphatic heterocycles. The second-order valence-electron chi connectivity index (χ2n) is 4.76. The van der Waals surface area contributed by atoms with Crippen molar-refractivity contribution in [2.75, 3.05) is 19.7 Å². The summed E-state index contributed by atoms with van der Waals surface area (Å²) in [6.07, 6.45) is 4.08. The van der Waals surface area contributed by atoms with Crippen LogP contribution in [0, 0.1) is 0 Å². The summed E-state index contributed by atoms with van der Waals surface area (Å²) in [6, 6.07) is 7.91. The standard InChI is InChI=1S/C16H25NO2/c1-3-5-7-14-8-10-15(11-9-14)16(19)17(4-2)12-6-13-18/h8-11,18H,3-7,12-13H2,1-2H3. The molecule has 0 heterocycles. The van der Waals surface area contributed by atoms with Gasteiger partial charge in [-0.1, -0.05) is 25.5 Å². The number of carbonyl (C=O) groups is 1. The number of benzene rings is 1. The summed E-state index contributed by atoms with van der Waals surface area (Å²) in [5.41, 5.74) is 2.02. The lowest BCUT2D eigenvalue weighted by Gasteiger charge is -2.20. The molecule has 0 aliphatic carbocycles. The van der Waals surface area contributed by atoms with E-state index in [1.54, 1.807) is 4.90 Å². The Bertz CT molecular complexity index is 373. The van der Waals surface area contributed by atoms with E-state index < -0.39 is 0 Å². The lowest BCUT2D eigenvalue weighted by Crippen LogP contribution is -2.32. The Labute approximate surface area is 116 Å². The minimum atomic E-state index is 0.0537. The number of aliphatic hydroxyl groups is 1. The molecular weight excluding hydrogens is 238 g/mol. The van der Waals surface area contributed by atoms with E-state index in [9.17, 15) is 4.79 Å². The van der Waals surface area contributed by atoms with E-state index >= 15 is 0 Å². The Morgan fingerprint density at radius 2 is 1.84 bits per heavy atom. The zero-order chi connectivity index (χ0) is 14.1. The fourth-order valence-electron chi connectivity index (χ4n) is 2.04. The molecule has 3 heteroatoms. The zero-order valence-corrected chi connectivity index (χ0v) is 12.1. The van der Waals surface area contributed by atoms with Crippen LogP contribution in [-0.2, 0) is 6.42 Å². The smallest absolute Gasteiger partial charge is 0.253 e. The van der Waals surface area contributed by atoms with Crippen LogP contribution in [0.1, 0.15) is 49.0 Å². The number of unbranched alkanes of at least 4 members (excludes halogenated alkanes) is 1. The molecule has 1 aromatic rings. The fraction of sp³-hybridized carbons (Fsp3) is 0.562. The van der Waals surface area contributed by atoms with E-state index in [2.05, 4.69) is 6.92 Å². The number of aryl methyl sites for hydroxylation is 1. The molecule has 0 bridgehead atoms. The first-order valence-electron chi connectivity index (χ1n) is 7.22. The van der Waals surface area contributed by atoms with Crippen molar-refractivity contribution in [3.05, 3.63) is 35.4 Å². The maximum absolute atomic E-state index is 12.3. The third-order valence-corrected chi connectivity index (χ3v) is 3.27. The largest absolute Gasteiger partial charge is 0.396 e. The predicted octanol–water partition coefficient (Wildman–Crippen LogP) is 2.87. The third kappa shape index (κ3) is 5.03. The van der Waals surface area contributed by atoms with Gasteiger partial charge in [-0.25, -0.2) is 0 Å². The number of rotatable bonds is 8. The van der Waals surface area contributed by atoms with Crippen molar-refractivity contribution in [1.29, 1.82) is 0 Å². The molecule has 0 radical (unpaired) electrons. The van der Waals surface area contributed by atoms with E-state index in [-0.39, 0.29) is 12.5 Å². The van der Waals surface area contributed by atoms with Crippen molar-refractivity contribution in [1.82, 2.24) is 4.90 Å². The van der Waals surface area contributed by atoms with Gasteiger partial charge in [0.1, 0.15) is 0 Å². The fourth-order valence-corrected chi connectivity index (χ4v) is 2.04. The second kappa shape index (κ2) is 8.70. The predicted molar refractivity (Wildman–Crippen MR) is 78.3 cm³/mol. The SMILES string of the molecule is CCCCc1ccc(C(=O)N(CC)CCCO)cc1. The van der Waals surface area contributed by atoms with Crippen LogP contribution in [0.15, 0.2) is 24.3 Å². The molecule has 1 N–H and O–H groups in total. The van der Waals surface area contributed by atoms with Crippen LogP contribution < -0.4 is 0 Å². The highest BCUT2D eigenvalue weighted by molar-refractivity contribution is 5.94.